The fraction of sp³-hybridized carbons (Fsp3) is 0.545. The van der Waals surface area contributed by atoms with Crippen molar-refractivity contribution >= 4 is 49.7 Å². The summed E-state index contributed by atoms with van der Waals surface area (Å²) in [7, 11) is -3.62. The van der Waals surface area contributed by atoms with Gasteiger partial charge in [0.05, 0.1) is 0 Å². The monoisotopic (exact) mass is 351 g/mol. The van der Waals surface area contributed by atoms with E-state index in [1.807, 2.05) is 25.6 Å². The Labute approximate surface area is 131 Å². The molecule has 0 spiro atoms. The van der Waals surface area contributed by atoms with Crippen molar-refractivity contribution in [1.29, 1.82) is 0 Å². The fourth-order valence-corrected chi connectivity index (χ4v) is 6.96. The van der Waals surface area contributed by atoms with Crippen LogP contribution >= 0.6 is 34.7 Å². The first kappa shape index (κ1) is 14.6. The van der Waals surface area contributed by atoms with Gasteiger partial charge in [-0.25, -0.2) is 13.4 Å². The predicted octanol–water partition coefficient (Wildman–Crippen LogP) is 2.56. The van der Waals surface area contributed by atoms with Crippen LogP contribution in [0.5, 0.6) is 0 Å². The Hall–Kier alpha value is -0.280. The van der Waals surface area contributed by atoms with Gasteiger partial charge in [-0.05, 0) is 0 Å². The molecular weight excluding hydrogens is 338 g/mol. The molecule has 2 unspecified atom stereocenters. The standard InChI is InChI=1S/C11H14ClN3O2S3/c1-7-5-14(6-8(2)19-7)20(16,17)10-9(12)13-11-15(10)3-4-18-11/h3-4,7-8H,5-6H2,1-2H3. The van der Waals surface area contributed by atoms with E-state index in [0.717, 1.165) is 0 Å². The number of hydrogen-bond acceptors (Lipinski definition) is 5. The lowest BCUT2D eigenvalue weighted by atomic mass is 10.4. The van der Waals surface area contributed by atoms with Gasteiger partial charge in [0.1, 0.15) is 0 Å². The molecule has 5 nitrogen and oxygen atoms in total. The fourth-order valence-electron chi connectivity index (χ4n) is 2.42. The summed E-state index contributed by atoms with van der Waals surface area (Å²) in [6.45, 7) is 5.10. The number of nitrogens with zero attached hydrogens (tertiary/aromatic N) is 3. The summed E-state index contributed by atoms with van der Waals surface area (Å²) in [4.78, 5) is 4.71. The van der Waals surface area contributed by atoms with Gasteiger partial charge in [-0.15, -0.1) is 11.3 Å². The van der Waals surface area contributed by atoms with Crippen molar-refractivity contribution in [2.75, 3.05) is 13.1 Å². The highest BCUT2D eigenvalue weighted by atomic mass is 35.5. The van der Waals surface area contributed by atoms with E-state index in [-0.39, 0.29) is 20.7 Å². The zero-order valence-electron chi connectivity index (χ0n) is 11.0. The molecule has 9 heteroatoms. The van der Waals surface area contributed by atoms with E-state index in [2.05, 4.69) is 4.98 Å². The van der Waals surface area contributed by atoms with Gasteiger partial charge in [-0.2, -0.15) is 16.1 Å². The summed E-state index contributed by atoms with van der Waals surface area (Å²) in [5, 5.41) is 2.49. The number of aromatic nitrogens is 2. The Kier molecular flexibility index (Phi) is 3.79. The molecule has 1 fully saturated rings. The third-order valence-corrected chi connectivity index (χ3v) is 7.37. The van der Waals surface area contributed by atoms with Crippen molar-refractivity contribution in [3.8, 4) is 0 Å². The molecule has 0 bridgehead atoms. The molecular formula is C11H14ClN3O2S3. The number of hydrogen-bond donors (Lipinski definition) is 0. The third-order valence-electron chi connectivity index (χ3n) is 3.15. The van der Waals surface area contributed by atoms with Crippen LogP contribution in [0.25, 0.3) is 4.96 Å². The highest BCUT2D eigenvalue weighted by molar-refractivity contribution is 8.00. The van der Waals surface area contributed by atoms with Crippen molar-refractivity contribution in [3.63, 3.8) is 0 Å². The normalized spacial score (nSPS) is 25.4. The van der Waals surface area contributed by atoms with Gasteiger partial charge >= 0.3 is 0 Å². The summed E-state index contributed by atoms with van der Waals surface area (Å²) >= 11 is 9.22. The minimum absolute atomic E-state index is 0.0513. The van der Waals surface area contributed by atoms with E-state index in [1.165, 1.54) is 15.6 Å². The lowest BCUT2D eigenvalue weighted by Gasteiger charge is -2.33. The van der Waals surface area contributed by atoms with Crippen LogP contribution in [0.3, 0.4) is 0 Å². The number of rotatable bonds is 2. The summed E-state index contributed by atoms with van der Waals surface area (Å²) in [5.41, 5.74) is 0. The number of thioether (sulfide) groups is 1. The molecule has 2 aromatic rings. The lowest BCUT2D eigenvalue weighted by molar-refractivity contribution is 0.402. The molecule has 1 saturated heterocycles. The summed E-state index contributed by atoms with van der Waals surface area (Å²) < 4.78 is 28.8. The maximum absolute atomic E-state index is 12.8. The first-order chi connectivity index (χ1) is 9.39. The topological polar surface area (TPSA) is 54.7 Å². The minimum Gasteiger partial charge on any atom is -0.279 e. The second-order valence-electron chi connectivity index (χ2n) is 4.84. The maximum Gasteiger partial charge on any atom is 0.262 e. The van der Waals surface area contributed by atoms with E-state index < -0.39 is 10.0 Å². The Morgan fingerprint density at radius 1 is 1.35 bits per heavy atom. The van der Waals surface area contributed by atoms with Gasteiger partial charge in [-0.1, -0.05) is 25.4 Å². The quantitative estimate of drug-likeness (QED) is 0.834. The highest BCUT2D eigenvalue weighted by Gasteiger charge is 2.36. The molecule has 1 aliphatic rings. The molecule has 1 aliphatic heterocycles. The molecule has 3 rings (SSSR count). The Morgan fingerprint density at radius 2 is 2.00 bits per heavy atom. The Bertz CT molecular complexity index is 729. The van der Waals surface area contributed by atoms with Crippen molar-refractivity contribution in [2.24, 2.45) is 0 Å². The van der Waals surface area contributed by atoms with Gasteiger partial charge in [0.25, 0.3) is 10.0 Å². The SMILES string of the molecule is CC1CN(S(=O)(=O)c2c(Cl)nc3sccn23)CC(C)S1. The average molecular weight is 352 g/mol. The number of sulfonamides is 1. The largest absolute Gasteiger partial charge is 0.279 e. The Morgan fingerprint density at radius 3 is 2.65 bits per heavy atom. The van der Waals surface area contributed by atoms with Crippen molar-refractivity contribution in [3.05, 3.63) is 16.7 Å². The number of halogens is 1. The van der Waals surface area contributed by atoms with Crippen LogP contribution in [0.1, 0.15) is 13.8 Å². The molecule has 20 heavy (non-hydrogen) atoms. The van der Waals surface area contributed by atoms with Crippen LogP contribution in [0, 0.1) is 0 Å². The van der Waals surface area contributed by atoms with Gasteiger partial charge in [0.15, 0.2) is 15.1 Å². The Balaban J connectivity index is 2.07. The molecule has 110 valence electrons. The van der Waals surface area contributed by atoms with E-state index >= 15 is 0 Å². The van der Waals surface area contributed by atoms with E-state index in [0.29, 0.717) is 18.1 Å². The minimum atomic E-state index is -3.62. The van der Waals surface area contributed by atoms with Crippen molar-refractivity contribution in [2.45, 2.75) is 29.4 Å². The second-order valence-corrected chi connectivity index (χ2v) is 9.81. The molecule has 0 amide bonds. The van der Waals surface area contributed by atoms with Crippen LogP contribution in [-0.2, 0) is 10.0 Å². The van der Waals surface area contributed by atoms with E-state index in [1.54, 1.807) is 16.0 Å². The summed E-state index contributed by atoms with van der Waals surface area (Å²) in [6.07, 6.45) is 1.69. The van der Waals surface area contributed by atoms with Crippen LogP contribution in [-0.4, -0.2) is 45.7 Å². The highest BCUT2D eigenvalue weighted by Crippen LogP contribution is 2.32. The summed E-state index contributed by atoms with van der Waals surface area (Å²) in [5.74, 6) is 0. The number of thiazole rings is 1. The van der Waals surface area contributed by atoms with Crippen molar-refractivity contribution in [1.82, 2.24) is 13.7 Å². The molecule has 3 heterocycles. The van der Waals surface area contributed by atoms with Crippen LogP contribution < -0.4 is 0 Å². The second kappa shape index (κ2) is 5.17. The number of imidazole rings is 1. The van der Waals surface area contributed by atoms with Gasteiger partial charge in [0, 0.05) is 35.2 Å². The molecule has 0 saturated carbocycles. The van der Waals surface area contributed by atoms with Crippen LogP contribution in [0.4, 0.5) is 0 Å². The van der Waals surface area contributed by atoms with E-state index in [4.69, 9.17) is 11.6 Å². The average Bonchev–Trinajstić information content (AvgIpc) is 2.86. The molecule has 2 aromatic heterocycles. The van der Waals surface area contributed by atoms with Crippen LogP contribution in [0.2, 0.25) is 5.15 Å². The predicted molar refractivity (Wildman–Crippen MR) is 83.4 cm³/mol. The third kappa shape index (κ3) is 2.37. The molecule has 2 atom stereocenters. The first-order valence-electron chi connectivity index (χ1n) is 6.16. The maximum atomic E-state index is 12.8. The lowest BCUT2D eigenvalue weighted by Crippen LogP contribution is -2.44. The van der Waals surface area contributed by atoms with Gasteiger partial charge in [-0.3, -0.25) is 4.40 Å². The molecule has 0 N–H and O–H groups in total. The smallest absolute Gasteiger partial charge is 0.262 e. The van der Waals surface area contributed by atoms with Crippen molar-refractivity contribution < 1.29 is 8.42 Å². The zero-order chi connectivity index (χ0) is 14.5. The van der Waals surface area contributed by atoms with E-state index in [9.17, 15) is 8.42 Å². The zero-order valence-corrected chi connectivity index (χ0v) is 14.2. The number of fused-ring (bicyclic) bond motifs is 1. The van der Waals surface area contributed by atoms with Gasteiger partial charge in [0.2, 0.25) is 0 Å². The van der Waals surface area contributed by atoms with Crippen LogP contribution in [0.15, 0.2) is 16.6 Å². The van der Waals surface area contributed by atoms with Gasteiger partial charge < -0.3 is 0 Å². The summed E-state index contributed by atoms with van der Waals surface area (Å²) in [6, 6.07) is 0. The molecule has 0 radical (unpaired) electrons. The molecule has 0 aliphatic carbocycles. The molecule has 0 aromatic carbocycles. The first-order valence-corrected chi connectivity index (χ1v) is 9.80.